The highest BCUT2D eigenvalue weighted by atomic mass is 35.5. The van der Waals surface area contributed by atoms with Crippen molar-refractivity contribution >= 4 is 22.6 Å². The molecule has 0 bridgehead atoms. The van der Waals surface area contributed by atoms with E-state index in [4.69, 9.17) is 16.3 Å². The third-order valence-electron chi connectivity index (χ3n) is 3.56. The fraction of sp³-hybridized carbons (Fsp3) is 0.235. The van der Waals surface area contributed by atoms with Crippen LogP contribution in [0.3, 0.4) is 0 Å². The number of halogens is 1. The third kappa shape index (κ3) is 2.74. The third-order valence-corrected chi connectivity index (χ3v) is 3.79. The van der Waals surface area contributed by atoms with E-state index in [1.165, 1.54) is 0 Å². The molecule has 0 aliphatic heterocycles. The maximum absolute atomic E-state index is 6.08. The summed E-state index contributed by atoms with van der Waals surface area (Å²) in [6.45, 7) is 5.42. The highest BCUT2D eigenvalue weighted by Crippen LogP contribution is 2.23. The molecule has 0 fully saturated rings. The predicted octanol–water partition coefficient (Wildman–Crippen LogP) is 4.60. The molecule has 0 aliphatic carbocycles. The smallest absolute Gasteiger partial charge is 0.147 e. The second kappa shape index (κ2) is 5.78. The predicted molar refractivity (Wildman–Crippen MR) is 85.9 cm³/mol. The number of para-hydroxylation sites is 1. The Labute approximate surface area is 129 Å². The van der Waals surface area contributed by atoms with Gasteiger partial charge in [0, 0.05) is 11.6 Å². The molecule has 0 spiro atoms. The first-order valence-corrected chi connectivity index (χ1v) is 7.40. The van der Waals surface area contributed by atoms with Crippen LogP contribution < -0.4 is 4.74 Å². The number of aryl methyl sites for hydroxylation is 2. The van der Waals surface area contributed by atoms with Gasteiger partial charge in [0.05, 0.1) is 11.0 Å². The van der Waals surface area contributed by atoms with Crippen LogP contribution in [0, 0.1) is 6.92 Å². The van der Waals surface area contributed by atoms with Crippen molar-refractivity contribution in [1.29, 1.82) is 0 Å². The van der Waals surface area contributed by atoms with Gasteiger partial charge in [-0.05, 0) is 43.7 Å². The van der Waals surface area contributed by atoms with Crippen LogP contribution in [0.4, 0.5) is 0 Å². The summed E-state index contributed by atoms with van der Waals surface area (Å²) in [5, 5.41) is 0.725. The van der Waals surface area contributed by atoms with Crippen molar-refractivity contribution in [3.05, 3.63) is 58.9 Å². The van der Waals surface area contributed by atoms with Crippen molar-refractivity contribution < 1.29 is 4.74 Å². The lowest BCUT2D eigenvalue weighted by atomic mass is 10.2. The van der Waals surface area contributed by atoms with E-state index in [0.29, 0.717) is 6.61 Å². The SMILES string of the molecule is CCn1c(COc2ccccc2C)nc2ccc(Cl)cc21. The van der Waals surface area contributed by atoms with Crippen LogP contribution in [-0.2, 0) is 13.2 Å². The summed E-state index contributed by atoms with van der Waals surface area (Å²) >= 11 is 6.08. The molecule has 0 unspecified atom stereocenters. The Kier molecular flexibility index (Phi) is 3.84. The van der Waals surface area contributed by atoms with Crippen molar-refractivity contribution in [2.45, 2.75) is 27.0 Å². The fourth-order valence-electron chi connectivity index (χ4n) is 2.47. The number of nitrogens with zero attached hydrogens (tertiary/aromatic N) is 2. The minimum atomic E-state index is 0.449. The van der Waals surface area contributed by atoms with Crippen molar-refractivity contribution in [3.8, 4) is 5.75 Å². The Bertz CT molecular complexity index is 780. The monoisotopic (exact) mass is 300 g/mol. The second-order valence-corrected chi connectivity index (χ2v) is 5.40. The van der Waals surface area contributed by atoms with Gasteiger partial charge >= 0.3 is 0 Å². The molecule has 0 aliphatic rings. The van der Waals surface area contributed by atoms with Gasteiger partial charge in [-0.15, -0.1) is 0 Å². The molecule has 1 aromatic heterocycles. The summed E-state index contributed by atoms with van der Waals surface area (Å²) < 4.78 is 8.05. The number of hydrogen-bond acceptors (Lipinski definition) is 2. The average molecular weight is 301 g/mol. The van der Waals surface area contributed by atoms with Crippen LogP contribution in [0.25, 0.3) is 11.0 Å². The Balaban J connectivity index is 1.92. The summed E-state index contributed by atoms with van der Waals surface area (Å²) in [4.78, 5) is 4.65. The summed E-state index contributed by atoms with van der Waals surface area (Å²) in [6, 6.07) is 13.8. The first-order valence-electron chi connectivity index (χ1n) is 7.02. The fourth-order valence-corrected chi connectivity index (χ4v) is 2.64. The molecule has 0 N–H and O–H groups in total. The summed E-state index contributed by atoms with van der Waals surface area (Å²) in [5.74, 6) is 1.81. The van der Waals surface area contributed by atoms with E-state index in [2.05, 4.69) is 16.5 Å². The van der Waals surface area contributed by atoms with Gasteiger partial charge in [-0.1, -0.05) is 29.8 Å². The van der Waals surface area contributed by atoms with Gasteiger partial charge < -0.3 is 9.30 Å². The Hall–Kier alpha value is -2.00. The van der Waals surface area contributed by atoms with Crippen LogP contribution in [0.2, 0.25) is 5.02 Å². The normalized spacial score (nSPS) is 11.0. The molecule has 0 atom stereocenters. The van der Waals surface area contributed by atoms with Crippen LogP contribution in [0.1, 0.15) is 18.3 Å². The van der Waals surface area contributed by atoms with E-state index in [1.54, 1.807) is 0 Å². The molecule has 0 radical (unpaired) electrons. The number of fused-ring (bicyclic) bond motifs is 1. The first-order chi connectivity index (χ1) is 10.2. The van der Waals surface area contributed by atoms with Crippen molar-refractivity contribution in [2.24, 2.45) is 0 Å². The molecular formula is C17H17ClN2O. The van der Waals surface area contributed by atoms with Crippen molar-refractivity contribution in [2.75, 3.05) is 0 Å². The molecule has 1 heterocycles. The highest BCUT2D eigenvalue weighted by Gasteiger charge is 2.11. The van der Waals surface area contributed by atoms with Crippen LogP contribution in [-0.4, -0.2) is 9.55 Å². The molecule has 0 amide bonds. The molecular weight excluding hydrogens is 284 g/mol. The van der Waals surface area contributed by atoms with Crippen LogP contribution >= 0.6 is 11.6 Å². The zero-order valence-electron chi connectivity index (χ0n) is 12.1. The highest BCUT2D eigenvalue weighted by molar-refractivity contribution is 6.31. The van der Waals surface area contributed by atoms with Gasteiger partial charge in [-0.3, -0.25) is 0 Å². The number of rotatable bonds is 4. The number of hydrogen-bond donors (Lipinski definition) is 0. The average Bonchev–Trinajstić information content (AvgIpc) is 2.83. The minimum Gasteiger partial charge on any atom is -0.485 e. The number of benzene rings is 2. The molecule has 4 heteroatoms. The second-order valence-electron chi connectivity index (χ2n) is 4.96. The quantitative estimate of drug-likeness (QED) is 0.704. The molecule has 108 valence electrons. The maximum Gasteiger partial charge on any atom is 0.147 e. The standard InChI is InChI=1S/C17H17ClN2O/c1-3-20-15-10-13(18)8-9-14(15)19-17(20)11-21-16-7-5-4-6-12(16)2/h4-10H,3,11H2,1-2H3. The van der Waals surface area contributed by atoms with E-state index in [1.807, 2.05) is 49.4 Å². The van der Waals surface area contributed by atoms with Gasteiger partial charge in [-0.25, -0.2) is 4.98 Å². The summed E-state index contributed by atoms with van der Waals surface area (Å²) in [6.07, 6.45) is 0. The molecule has 0 saturated carbocycles. The van der Waals surface area contributed by atoms with E-state index in [9.17, 15) is 0 Å². The lowest BCUT2D eigenvalue weighted by molar-refractivity contribution is 0.289. The first kappa shape index (κ1) is 14.0. The Morgan fingerprint density at radius 3 is 2.76 bits per heavy atom. The van der Waals surface area contributed by atoms with Gasteiger partial charge in [-0.2, -0.15) is 0 Å². The van der Waals surface area contributed by atoms with Gasteiger partial charge in [0.2, 0.25) is 0 Å². The molecule has 0 saturated heterocycles. The molecule has 3 rings (SSSR count). The van der Waals surface area contributed by atoms with Gasteiger partial charge in [0.1, 0.15) is 18.2 Å². The van der Waals surface area contributed by atoms with Crippen LogP contribution in [0.15, 0.2) is 42.5 Å². The lowest BCUT2D eigenvalue weighted by Crippen LogP contribution is -2.06. The van der Waals surface area contributed by atoms with Gasteiger partial charge in [0.15, 0.2) is 0 Å². The molecule has 21 heavy (non-hydrogen) atoms. The van der Waals surface area contributed by atoms with Crippen molar-refractivity contribution in [3.63, 3.8) is 0 Å². The largest absolute Gasteiger partial charge is 0.485 e. The summed E-state index contributed by atoms with van der Waals surface area (Å²) in [5.41, 5.74) is 3.12. The topological polar surface area (TPSA) is 27.1 Å². The number of aromatic nitrogens is 2. The zero-order valence-corrected chi connectivity index (χ0v) is 12.9. The van der Waals surface area contributed by atoms with E-state index < -0.39 is 0 Å². The zero-order chi connectivity index (χ0) is 14.8. The molecule has 3 aromatic rings. The van der Waals surface area contributed by atoms with E-state index >= 15 is 0 Å². The minimum absolute atomic E-state index is 0.449. The number of imidazole rings is 1. The lowest BCUT2D eigenvalue weighted by Gasteiger charge is -2.10. The van der Waals surface area contributed by atoms with Crippen LogP contribution in [0.5, 0.6) is 5.75 Å². The van der Waals surface area contributed by atoms with E-state index in [-0.39, 0.29) is 0 Å². The Morgan fingerprint density at radius 2 is 2.00 bits per heavy atom. The maximum atomic E-state index is 6.08. The van der Waals surface area contributed by atoms with Crippen molar-refractivity contribution in [1.82, 2.24) is 9.55 Å². The van der Waals surface area contributed by atoms with E-state index in [0.717, 1.165) is 39.7 Å². The number of ether oxygens (including phenoxy) is 1. The molecule has 2 aromatic carbocycles. The van der Waals surface area contributed by atoms with Gasteiger partial charge in [0.25, 0.3) is 0 Å². The summed E-state index contributed by atoms with van der Waals surface area (Å²) in [7, 11) is 0. The Morgan fingerprint density at radius 1 is 1.19 bits per heavy atom. The molecule has 3 nitrogen and oxygen atoms in total.